The molecular formula is C76H52N2O2S2. The fraction of sp³-hybridized carbons (Fsp3) is 0.0263. The molecule has 0 radical (unpaired) electrons. The van der Waals surface area contributed by atoms with E-state index < -0.39 is 0 Å². The predicted molar refractivity (Wildman–Crippen MR) is 347 cm³/mol. The molecule has 0 aliphatic rings. The van der Waals surface area contributed by atoms with Gasteiger partial charge in [-0.05, 0) is 80.9 Å². The minimum atomic E-state index is 0.725. The molecule has 0 spiro atoms. The second-order valence-corrected chi connectivity index (χ2v) is 22.7. The molecule has 0 bridgehead atoms. The Morgan fingerprint density at radius 3 is 1.05 bits per heavy atom. The zero-order valence-corrected chi connectivity index (χ0v) is 46.7. The number of nitrogens with zero attached hydrogens (tertiary/aromatic N) is 2. The molecular weight excluding hydrogens is 1040 g/mol. The average Bonchev–Trinajstić information content (AvgIpc) is 4.34. The van der Waals surface area contributed by atoms with Gasteiger partial charge >= 0.3 is 0 Å². The lowest BCUT2D eigenvalue weighted by atomic mass is 9.89. The van der Waals surface area contributed by atoms with Crippen LogP contribution in [0.1, 0.15) is 0 Å². The molecule has 4 aromatic heterocycles. The zero-order chi connectivity index (χ0) is 54.7. The lowest BCUT2D eigenvalue weighted by Gasteiger charge is -2.16. The topological polar surface area (TPSA) is 28.3 Å². The van der Waals surface area contributed by atoms with Crippen LogP contribution < -0.4 is 9.47 Å². The second kappa shape index (κ2) is 20.6. The van der Waals surface area contributed by atoms with E-state index in [4.69, 9.17) is 9.47 Å². The van der Waals surface area contributed by atoms with Gasteiger partial charge in [-0.1, -0.05) is 224 Å². The average molecular weight is 1090 g/mol. The van der Waals surface area contributed by atoms with Crippen molar-refractivity contribution in [2.75, 3.05) is 14.2 Å². The van der Waals surface area contributed by atoms with Gasteiger partial charge in [0.05, 0.1) is 42.0 Å². The first-order valence-corrected chi connectivity index (χ1v) is 29.3. The summed E-state index contributed by atoms with van der Waals surface area (Å²) in [4.78, 5) is 4.86. The number of thiophene rings is 2. The van der Waals surface area contributed by atoms with Crippen LogP contribution in [-0.4, -0.2) is 23.4 Å². The van der Waals surface area contributed by atoms with Crippen molar-refractivity contribution in [2.24, 2.45) is 0 Å². The van der Waals surface area contributed by atoms with E-state index in [0.717, 1.165) is 66.8 Å². The molecule has 0 fully saturated rings. The minimum Gasteiger partial charge on any atom is -0.497 e. The third-order valence-corrected chi connectivity index (χ3v) is 18.5. The van der Waals surface area contributed by atoms with Crippen LogP contribution in [0.25, 0.3) is 141 Å². The Kier molecular flexibility index (Phi) is 12.3. The Bertz CT molecular complexity index is 4640. The molecule has 0 saturated carbocycles. The predicted octanol–water partition coefficient (Wildman–Crippen LogP) is 21.4. The van der Waals surface area contributed by atoms with E-state index in [1.165, 1.54) is 85.9 Å². The van der Waals surface area contributed by atoms with E-state index in [2.05, 4.69) is 282 Å². The number of methoxy groups -OCH3 is 2. The Labute approximate surface area is 484 Å². The summed E-state index contributed by atoms with van der Waals surface area (Å²) in [5, 5.41) is 4.66. The Morgan fingerprint density at radius 1 is 0.268 bits per heavy atom. The number of para-hydroxylation sites is 2. The molecule has 0 unspecified atom stereocenters. The van der Waals surface area contributed by atoms with Gasteiger partial charge in [-0.25, -0.2) is 0 Å². The summed E-state index contributed by atoms with van der Waals surface area (Å²) in [6.45, 7) is 0. The molecule has 0 atom stereocenters. The standard InChI is InChI=1S/C76H52N2O2S2/c1-79-59-46-58(47-60(48-59)80-2)78-64-39-23-21-37-61(64)62-41-42-66-71(72(62)78)63-38-22-24-40-65(63)77(66)57-44-55(75-69(51-29-13-5-14-30-51)67(49-25-9-3-10-26-49)73(81-75)53-33-17-7-18-34-53)43-56(45-57)76-70(52-31-15-6-16-32-52)68(50-27-11-4-12-28-50)74(82-76)54-35-19-8-20-36-54/h3-48H,1-2H3. The van der Waals surface area contributed by atoms with E-state index in [0.29, 0.717) is 0 Å². The van der Waals surface area contributed by atoms with Crippen LogP contribution in [0.5, 0.6) is 11.5 Å². The third kappa shape index (κ3) is 8.25. The van der Waals surface area contributed by atoms with Crippen molar-refractivity contribution >= 4 is 66.3 Å². The first-order chi connectivity index (χ1) is 40.6. The number of hydrogen-bond donors (Lipinski definition) is 0. The smallest absolute Gasteiger partial charge is 0.124 e. The maximum Gasteiger partial charge on any atom is 0.124 e. The van der Waals surface area contributed by atoms with Gasteiger partial charge < -0.3 is 18.6 Å². The lowest BCUT2D eigenvalue weighted by molar-refractivity contribution is 0.394. The number of fused-ring (bicyclic) bond motifs is 7. The number of benzene rings is 11. The summed E-state index contributed by atoms with van der Waals surface area (Å²) < 4.78 is 16.8. The molecule has 0 amide bonds. The monoisotopic (exact) mass is 1090 g/mol. The van der Waals surface area contributed by atoms with Crippen LogP contribution in [0.15, 0.2) is 279 Å². The highest BCUT2D eigenvalue weighted by Gasteiger charge is 2.29. The number of hydrogen-bond acceptors (Lipinski definition) is 4. The molecule has 6 heteroatoms. The van der Waals surface area contributed by atoms with Gasteiger partial charge in [0.2, 0.25) is 0 Å². The van der Waals surface area contributed by atoms with Crippen molar-refractivity contribution in [3.8, 4) is 109 Å². The minimum absolute atomic E-state index is 0.725. The van der Waals surface area contributed by atoms with Crippen LogP contribution in [0.4, 0.5) is 0 Å². The van der Waals surface area contributed by atoms with Crippen LogP contribution in [-0.2, 0) is 0 Å². The Balaban J connectivity index is 1.10. The summed E-state index contributed by atoms with van der Waals surface area (Å²) >= 11 is 3.76. The quantitative estimate of drug-likeness (QED) is 0.122. The highest BCUT2D eigenvalue weighted by atomic mass is 32.1. The number of ether oxygens (including phenoxy) is 2. The van der Waals surface area contributed by atoms with Crippen molar-refractivity contribution in [3.05, 3.63) is 279 Å². The van der Waals surface area contributed by atoms with E-state index in [1.807, 2.05) is 28.7 Å². The van der Waals surface area contributed by atoms with Gasteiger partial charge in [0, 0.05) is 87.2 Å². The molecule has 82 heavy (non-hydrogen) atoms. The molecule has 390 valence electrons. The summed E-state index contributed by atoms with van der Waals surface area (Å²) in [6, 6.07) is 102. The zero-order valence-electron chi connectivity index (χ0n) is 45.1. The fourth-order valence-electron chi connectivity index (χ4n) is 12.4. The lowest BCUT2D eigenvalue weighted by Crippen LogP contribution is -1.98. The highest BCUT2D eigenvalue weighted by Crippen LogP contribution is 2.56. The van der Waals surface area contributed by atoms with Crippen molar-refractivity contribution in [3.63, 3.8) is 0 Å². The summed E-state index contributed by atoms with van der Waals surface area (Å²) in [5.74, 6) is 1.45. The molecule has 0 aliphatic heterocycles. The van der Waals surface area contributed by atoms with E-state index >= 15 is 0 Å². The van der Waals surface area contributed by atoms with E-state index in [-0.39, 0.29) is 0 Å². The maximum absolute atomic E-state index is 5.93. The second-order valence-electron chi connectivity index (χ2n) is 20.6. The van der Waals surface area contributed by atoms with Crippen molar-refractivity contribution in [2.45, 2.75) is 0 Å². The fourth-order valence-corrected chi connectivity index (χ4v) is 15.0. The molecule has 4 nitrogen and oxygen atoms in total. The molecule has 15 aromatic rings. The van der Waals surface area contributed by atoms with Crippen molar-refractivity contribution < 1.29 is 9.47 Å². The SMILES string of the molecule is COc1cc(OC)cc(-n2c3ccccc3c3ccc4c(c5ccccc5n4-c4cc(-c5sc(-c6ccccc6)c(-c6ccccc6)c5-c5ccccc5)cc(-c5sc(-c6ccccc6)c(-c6ccccc6)c5-c5ccccc5)c4)c32)c1. The highest BCUT2D eigenvalue weighted by molar-refractivity contribution is 7.20. The molecule has 11 aromatic carbocycles. The summed E-state index contributed by atoms with van der Waals surface area (Å²) in [6.07, 6.45) is 0. The molecule has 0 N–H and O–H groups in total. The van der Waals surface area contributed by atoms with Crippen LogP contribution >= 0.6 is 22.7 Å². The van der Waals surface area contributed by atoms with E-state index in [1.54, 1.807) is 14.2 Å². The van der Waals surface area contributed by atoms with Gasteiger partial charge in [-0.2, -0.15) is 0 Å². The van der Waals surface area contributed by atoms with Gasteiger partial charge in [0.25, 0.3) is 0 Å². The van der Waals surface area contributed by atoms with Crippen LogP contribution in [0.2, 0.25) is 0 Å². The normalized spacial score (nSPS) is 11.5. The first kappa shape index (κ1) is 49.1. The third-order valence-electron chi connectivity index (χ3n) is 15.9. The Hall–Kier alpha value is -9.98. The van der Waals surface area contributed by atoms with Gasteiger partial charge in [-0.15, -0.1) is 22.7 Å². The summed E-state index contributed by atoms with van der Waals surface area (Å²) in [7, 11) is 3.43. The molecule has 4 heterocycles. The van der Waals surface area contributed by atoms with Gasteiger partial charge in [-0.3, -0.25) is 0 Å². The molecule has 15 rings (SSSR count). The maximum atomic E-state index is 5.93. The van der Waals surface area contributed by atoms with Crippen molar-refractivity contribution in [1.82, 2.24) is 9.13 Å². The van der Waals surface area contributed by atoms with Gasteiger partial charge in [0.1, 0.15) is 11.5 Å². The summed E-state index contributed by atoms with van der Waals surface area (Å²) in [5.41, 5.74) is 20.7. The van der Waals surface area contributed by atoms with Gasteiger partial charge in [0.15, 0.2) is 0 Å². The first-order valence-electron chi connectivity index (χ1n) is 27.6. The van der Waals surface area contributed by atoms with Crippen molar-refractivity contribution in [1.29, 1.82) is 0 Å². The number of rotatable bonds is 12. The molecule has 0 saturated heterocycles. The Morgan fingerprint density at radius 2 is 0.622 bits per heavy atom. The molecule has 0 aliphatic carbocycles. The van der Waals surface area contributed by atoms with Crippen LogP contribution in [0.3, 0.4) is 0 Å². The largest absolute Gasteiger partial charge is 0.497 e. The van der Waals surface area contributed by atoms with E-state index in [9.17, 15) is 0 Å². The number of aromatic nitrogens is 2. The van der Waals surface area contributed by atoms with Crippen LogP contribution in [0, 0.1) is 0 Å².